The molecule has 5 saturated heterocycles. The van der Waals surface area contributed by atoms with Crippen LogP contribution >= 0.6 is 0 Å². The second-order valence-electron chi connectivity index (χ2n) is 24.9. The van der Waals surface area contributed by atoms with E-state index in [4.69, 9.17) is 28.4 Å². The van der Waals surface area contributed by atoms with Crippen molar-refractivity contribution in [1.82, 2.24) is 26.4 Å². The zero-order valence-electron chi connectivity index (χ0n) is 50.9. The molecular formula is C64H93N5O14. The number of rotatable bonds is 14. The number of hydrazine groups is 1. The molecular weight excluding hydrogens is 1060 g/mol. The van der Waals surface area contributed by atoms with Gasteiger partial charge in [-0.1, -0.05) is 110 Å². The molecule has 458 valence electrons. The molecule has 7 rings (SSSR count). The Morgan fingerprint density at radius 1 is 0.928 bits per heavy atom. The topological polar surface area (TPSA) is 246 Å². The second kappa shape index (κ2) is 28.4. The molecule has 1 aromatic rings. The Balaban J connectivity index is 1.10. The van der Waals surface area contributed by atoms with Gasteiger partial charge in [-0.2, -0.15) is 0 Å². The first-order chi connectivity index (χ1) is 39.3. The first-order valence-corrected chi connectivity index (χ1v) is 30.4. The number of nitrogens with zero attached hydrogens (tertiary/aromatic N) is 1. The van der Waals surface area contributed by atoms with Crippen LogP contribution < -0.4 is 26.1 Å². The molecule has 5 bridgehead atoms. The zero-order valence-corrected chi connectivity index (χ0v) is 50.9. The van der Waals surface area contributed by atoms with Gasteiger partial charge in [-0.3, -0.25) is 38.6 Å². The summed E-state index contributed by atoms with van der Waals surface area (Å²) in [6.07, 6.45) is 15.1. The molecule has 18 atom stereocenters. The first-order valence-electron chi connectivity index (χ1n) is 30.4. The molecule has 4 amide bonds. The van der Waals surface area contributed by atoms with Crippen LogP contribution in [0.2, 0.25) is 0 Å². The van der Waals surface area contributed by atoms with Crippen LogP contribution in [0.3, 0.4) is 0 Å². The molecule has 19 heteroatoms. The fourth-order valence-corrected chi connectivity index (χ4v) is 13.0. The summed E-state index contributed by atoms with van der Waals surface area (Å²) in [4.78, 5) is 95.6. The number of ether oxygens (including phenoxy) is 6. The molecule has 6 aliphatic rings. The Morgan fingerprint density at radius 3 is 2.40 bits per heavy atom. The molecule has 0 aliphatic carbocycles. The molecule has 0 unspecified atom stereocenters. The maximum atomic E-state index is 14.8. The van der Waals surface area contributed by atoms with E-state index >= 15 is 0 Å². The maximum Gasteiger partial charge on any atom is 0.325 e. The third-order valence-electron chi connectivity index (χ3n) is 18.2. The number of amides is 4. The monoisotopic (exact) mass is 1160 g/mol. The van der Waals surface area contributed by atoms with Crippen LogP contribution in [0.25, 0.3) is 0 Å². The molecule has 1 aromatic carbocycles. The lowest BCUT2D eigenvalue weighted by atomic mass is 9.69. The van der Waals surface area contributed by atoms with Crippen molar-refractivity contribution in [3.8, 4) is 5.75 Å². The number of nitrogens with one attached hydrogen (secondary N) is 4. The van der Waals surface area contributed by atoms with Crippen molar-refractivity contribution in [3.05, 3.63) is 77.9 Å². The number of cyclic esters (lactones) is 1. The smallest absolute Gasteiger partial charge is 0.325 e. The standard InChI is InChI=1S/C64H93N5O14/c1-13-46-32-39(6)64(67-58(46)73)42(9)56(72)40(7)54(82-64)35-53(79-44(11)71)38(5)23-17-14-16-22-37(4)51-27-18-15-19-28-52-41(8)57-48(29-30-63(12,81-52)83-57)59(74)66-55(36(2)3)60(75)65-50(34-45-24-20-25-47(33-45)78-43(10)70)61(76)69-31-21-26-49(68-69)62(77)80-51/h14-16,18-20,22,24-25,28,33,36,38-42,46,48-57,68,72H,13,17,21,23,26-27,29-32,34-35H2,1-12H3,(H,65,75)(H,66,74)(H,67,73)/b16-14+,18-15+,28-19+,37-22+/t38-,39-,40-,41-,42-,46-,48+,49-,50-,51-,52-,53-,54-,55-,56-,57+,63+,64+/m0/s1. The summed E-state index contributed by atoms with van der Waals surface area (Å²) in [5.41, 5.74) is 3.42. The average Bonchev–Trinajstić information content (AvgIpc) is 1.65. The lowest BCUT2D eigenvalue weighted by molar-refractivity contribution is -0.344. The van der Waals surface area contributed by atoms with Gasteiger partial charge in [0, 0.05) is 75.7 Å². The van der Waals surface area contributed by atoms with Gasteiger partial charge in [0.2, 0.25) is 17.7 Å². The lowest BCUT2D eigenvalue weighted by Crippen LogP contribution is -2.71. The van der Waals surface area contributed by atoms with E-state index in [2.05, 4.69) is 28.3 Å². The fourth-order valence-electron chi connectivity index (χ4n) is 13.0. The number of allylic oxidation sites excluding steroid dienone is 5. The van der Waals surface area contributed by atoms with E-state index in [9.17, 15) is 38.7 Å². The summed E-state index contributed by atoms with van der Waals surface area (Å²) in [5, 5.41) is 22.1. The van der Waals surface area contributed by atoms with Crippen molar-refractivity contribution in [2.45, 2.75) is 220 Å². The minimum atomic E-state index is -1.18. The number of fused-ring (bicyclic) bond motifs is 4. The Bertz CT molecular complexity index is 2620. The summed E-state index contributed by atoms with van der Waals surface area (Å²) in [5.74, 6) is -5.73. The van der Waals surface area contributed by atoms with Crippen LogP contribution in [0.15, 0.2) is 72.4 Å². The molecule has 6 heterocycles. The number of esters is 3. The van der Waals surface area contributed by atoms with Crippen molar-refractivity contribution in [1.29, 1.82) is 0 Å². The van der Waals surface area contributed by atoms with Gasteiger partial charge in [0.05, 0.1) is 30.3 Å². The number of hydrogen-bond acceptors (Lipinski definition) is 15. The van der Waals surface area contributed by atoms with Gasteiger partial charge in [0.1, 0.15) is 41.8 Å². The van der Waals surface area contributed by atoms with Gasteiger partial charge >= 0.3 is 17.9 Å². The van der Waals surface area contributed by atoms with Crippen LogP contribution in [-0.2, 0) is 63.7 Å². The summed E-state index contributed by atoms with van der Waals surface area (Å²) >= 11 is 0. The highest BCUT2D eigenvalue weighted by Gasteiger charge is 2.58. The minimum absolute atomic E-state index is 0.00648. The van der Waals surface area contributed by atoms with Crippen molar-refractivity contribution in [2.75, 3.05) is 6.54 Å². The van der Waals surface area contributed by atoms with E-state index < -0.39 is 102 Å². The Labute approximate surface area is 490 Å². The van der Waals surface area contributed by atoms with Gasteiger partial charge in [-0.15, -0.1) is 0 Å². The Kier molecular flexibility index (Phi) is 22.2. The van der Waals surface area contributed by atoms with Crippen LogP contribution in [0.5, 0.6) is 5.75 Å². The largest absolute Gasteiger partial charge is 0.462 e. The van der Waals surface area contributed by atoms with Gasteiger partial charge in [0.25, 0.3) is 5.91 Å². The van der Waals surface area contributed by atoms with Crippen molar-refractivity contribution >= 4 is 41.5 Å². The van der Waals surface area contributed by atoms with Gasteiger partial charge in [0.15, 0.2) is 5.79 Å². The first kappa shape index (κ1) is 64.8. The summed E-state index contributed by atoms with van der Waals surface area (Å²) in [6.45, 7) is 22.3. The number of hydrogen-bond donors (Lipinski definition) is 5. The number of benzene rings is 1. The molecule has 0 aromatic heterocycles. The average molecular weight is 1160 g/mol. The maximum absolute atomic E-state index is 14.8. The SMILES string of the molecule is CC[C@H]1C[C@H](C)[C@@]2(NC1=O)O[C@@H](C[C@H](OC(C)=O)[C@@H](C)CC/C=C/C=C(\C)[C@@H]1C/C=C/C=C/[C@@H]3O[C@@]4(C)CC[C@@H](C(=O)N[C@@H](C(C)C)C(=O)N[C@@H](Cc5cccc(OC(C)=O)c5)C(=O)N5CCC[C@H](N5)C(=O)O1)[C@H](O4)[C@H]3C)[C@H](C)[C@H](O)[C@@H]2C. The molecule has 83 heavy (non-hydrogen) atoms. The highest BCUT2D eigenvalue weighted by atomic mass is 16.7. The predicted molar refractivity (Wildman–Crippen MR) is 310 cm³/mol. The van der Waals surface area contributed by atoms with Crippen molar-refractivity contribution in [3.63, 3.8) is 0 Å². The summed E-state index contributed by atoms with van der Waals surface area (Å²) in [6, 6.07) is 3.59. The van der Waals surface area contributed by atoms with Gasteiger partial charge in [-0.05, 0) is 93.9 Å². The molecule has 6 aliphatic heterocycles. The number of carbonyl (C=O) groups is 7. The molecule has 5 N–H and O–H groups in total. The zero-order chi connectivity index (χ0) is 60.5. The number of piperidine rings is 1. The molecule has 1 spiro atoms. The van der Waals surface area contributed by atoms with E-state index in [0.29, 0.717) is 69.8 Å². The van der Waals surface area contributed by atoms with Crippen molar-refractivity contribution in [2.24, 2.45) is 47.3 Å². The van der Waals surface area contributed by atoms with Crippen LogP contribution in [0, 0.1) is 47.3 Å². The second-order valence-corrected chi connectivity index (χ2v) is 24.9. The highest BCUT2D eigenvalue weighted by molar-refractivity contribution is 5.93. The molecule has 19 nitrogen and oxygen atoms in total. The molecule has 0 radical (unpaired) electrons. The van der Waals surface area contributed by atoms with Crippen molar-refractivity contribution < 1.29 is 67.1 Å². The summed E-state index contributed by atoms with van der Waals surface area (Å²) in [7, 11) is 0. The third kappa shape index (κ3) is 16.0. The Hall–Kier alpha value is -5.73. The minimum Gasteiger partial charge on any atom is -0.462 e. The number of carbonyl (C=O) groups excluding carboxylic acids is 7. The molecule has 0 saturated carbocycles. The fraction of sp³-hybridized carbons (Fsp3) is 0.672. The number of aliphatic hydroxyl groups is 1. The highest BCUT2D eigenvalue weighted by Crippen LogP contribution is 2.47. The molecule has 5 fully saturated rings. The van der Waals surface area contributed by atoms with Crippen LogP contribution in [-0.4, -0.2) is 124 Å². The quantitative estimate of drug-likeness (QED) is 0.0692. The van der Waals surface area contributed by atoms with E-state index in [1.165, 1.54) is 18.9 Å². The number of aliphatic hydroxyl groups excluding tert-OH is 1. The predicted octanol–water partition coefficient (Wildman–Crippen LogP) is 7.40. The normalized spacial score (nSPS) is 36.4. The van der Waals surface area contributed by atoms with E-state index in [1.54, 1.807) is 24.3 Å². The van der Waals surface area contributed by atoms with Crippen LogP contribution in [0.1, 0.15) is 153 Å². The Morgan fingerprint density at radius 2 is 1.69 bits per heavy atom. The van der Waals surface area contributed by atoms with Crippen LogP contribution in [0.4, 0.5) is 0 Å². The van der Waals surface area contributed by atoms with Gasteiger partial charge < -0.3 is 49.5 Å². The van der Waals surface area contributed by atoms with E-state index in [-0.39, 0.29) is 72.0 Å². The van der Waals surface area contributed by atoms with Gasteiger partial charge in [-0.25, -0.2) is 5.43 Å². The van der Waals surface area contributed by atoms with E-state index in [1.807, 2.05) is 105 Å². The summed E-state index contributed by atoms with van der Waals surface area (Å²) < 4.78 is 37.5. The third-order valence-corrected chi connectivity index (χ3v) is 18.2. The lowest BCUT2D eigenvalue weighted by Gasteiger charge is -2.56. The van der Waals surface area contributed by atoms with E-state index in [0.717, 1.165) is 5.57 Å².